The Bertz CT molecular complexity index is 228. The van der Waals surface area contributed by atoms with Crippen molar-refractivity contribution in [1.82, 2.24) is 9.80 Å². The Morgan fingerprint density at radius 2 is 2.25 bits per heavy atom. The smallest absolute Gasteiger partial charge is 0.0547 e. The molecule has 0 aromatic carbocycles. The van der Waals surface area contributed by atoms with Crippen LogP contribution >= 0.6 is 0 Å². The van der Waals surface area contributed by atoms with Crippen molar-refractivity contribution < 1.29 is 4.74 Å². The molecule has 2 heterocycles. The standard InChI is InChI=1S/C12H25N3O/c1-11-7-14(2)4-5-15(11)9-12(8-13)3-6-16-10-12/h11H,3-10,13H2,1-2H3. The zero-order chi connectivity index (χ0) is 11.6. The summed E-state index contributed by atoms with van der Waals surface area (Å²) in [4.78, 5) is 4.99. The average Bonchev–Trinajstić information content (AvgIpc) is 2.72. The summed E-state index contributed by atoms with van der Waals surface area (Å²) in [5.41, 5.74) is 6.17. The fraction of sp³-hybridized carbons (Fsp3) is 1.00. The second-order valence-corrected chi connectivity index (χ2v) is 5.59. The van der Waals surface area contributed by atoms with E-state index in [0.717, 1.165) is 32.7 Å². The van der Waals surface area contributed by atoms with Gasteiger partial charge in [0, 0.05) is 50.8 Å². The third kappa shape index (κ3) is 2.56. The first-order chi connectivity index (χ1) is 7.65. The molecule has 2 saturated heterocycles. The van der Waals surface area contributed by atoms with E-state index in [0.29, 0.717) is 6.04 Å². The molecular weight excluding hydrogens is 202 g/mol. The van der Waals surface area contributed by atoms with E-state index in [1.54, 1.807) is 0 Å². The van der Waals surface area contributed by atoms with Crippen LogP contribution in [0.3, 0.4) is 0 Å². The largest absolute Gasteiger partial charge is 0.381 e. The summed E-state index contributed by atoms with van der Waals surface area (Å²) in [5.74, 6) is 0. The molecule has 0 amide bonds. The molecule has 94 valence electrons. The predicted octanol–water partition coefficient (Wildman–Crippen LogP) is -0.0123. The van der Waals surface area contributed by atoms with Crippen LogP contribution in [0, 0.1) is 5.41 Å². The quantitative estimate of drug-likeness (QED) is 0.736. The normalized spacial score (nSPS) is 38.1. The minimum absolute atomic E-state index is 0.226. The Morgan fingerprint density at radius 1 is 1.44 bits per heavy atom. The molecule has 2 aliphatic heterocycles. The van der Waals surface area contributed by atoms with Crippen molar-refractivity contribution in [3.05, 3.63) is 0 Å². The third-order valence-corrected chi connectivity index (χ3v) is 4.12. The lowest BCUT2D eigenvalue weighted by atomic mass is 9.86. The van der Waals surface area contributed by atoms with Gasteiger partial charge in [-0.2, -0.15) is 0 Å². The minimum atomic E-state index is 0.226. The van der Waals surface area contributed by atoms with E-state index >= 15 is 0 Å². The highest BCUT2D eigenvalue weighted by Crippen LogP contribution is 2.29. The number of likely N-dealkylation sites (N-methyl/N-ethyl adjacent to an activating group) is 1. The van der Waals surface area contributed by atoms with E-state index in [2.05, 4.69) is 23.8 Å². The van der Waals surface area contributed by atoms with Gasteiger partial charge in [-0.3, -0.25) is 4.90 Å². The molecule has 2 rings (SSSR count). The van der Waals surface area contributed by atoms with E-state index in [1.165, 1.54) is 19.6 Å². The lowest BCUT2D eigenvalue weighted by Gasteiger charge is -2.42. The van der Waals surface area contributed by atoms with Gasteiger partial charge in [0.1, 0.15) is 0 Å². The highest BCUT2D eigenvalue weighted by atomic mass is 16.5. The zero-order valence-electron chi connectivity index (χ0n) is 10.6. The minimum Gasteiger partial charge on any atom is -0.381 e. The van der Waals surface area contributed by atoms with Crippen LogP contribution in [0.1, 0.15) is 13.3 Å². The highest BCUT2D eigenvalue weighted by molar-refractivity contribution is 4.90. The fourth-order valence-electron chi connectivity index (χ4n) is 2.84. The first kappa shape index (κ1) is 12.3. The molecular formula is C12H25N3O. The summed E-state index contributed by atoms with van der Waals surface area (Å²) in [5, 5.41) is 0. The maximum Gasteiger partial charge on any atom is 0.0547 e. The molecule has 0 aliphatic carbocycles. The van der Waals surface area contributed by atoms with Crippen molar-refractivity contribution in [2.24, 2.45) is 11.1 Å². The Balaban J connectivity index is 1.92. The predicted molar refractivity (Wildman–Crippen MR) is 65.5 cm³/mol. The summed E-state index contributed by atoms with van der Waals surface area (Å²) in [7, 11) is 2.20. The van der Waals surface area contributed by atoms with Gasteiger partial charge in [0.05, 0.1) is 6.61 Å². The number of hydrogen-bond donors (Lipinski definition) is 1. The Hall–Kier alpha value is -0.160. The van der Waals surface area contributed by atoms with Crippen LogP contribution < -0.4 is 5.73 Å². The summed E-state index contributed by atoms with van der Waals surface area (Å²) in [6.45, 7) is 9.43. The van der Waals surface area contributed by atoms with Crippen molar-refractivity contribution in [3.63, 3.8) is 0 Å². The van der Waals surface area contributed by atoms with Gasteiger partial charge in [-0.05, 0) is 20.4 Å². The van der Waals surface area contributed by atoms with Crippen molar-refractivity contribution >= 4 is 0 Å². The van der Waals surface area contributed by atoms with Crippen LogP contribution in [0.15, 0.2) is 0 Å². The molecule has 2 unspecified atom stereocenters. The van der Waals surface area contributed by atoms with Gasteiger partial charge in [-0.1, -0.05) is 0 Å². The molecule has 2 N–H and O–H groups in total. The van der Waals surface area contributed by atoms with E-state index in [1.807, 2.05) is 0 Å². The molecule has 2 fully saturated rings. The molecule has 0 bridgehead atoms. The van der Waals surface area contributed by atoms with Crippen molar-refractivity contribution in [3.8, 4) is 0 Å². The van der Waals surface area contributed by atoms with Gasteiger partial charge in [0.2, 0.25) is 0 Å². The van der Waals surface area contributed by atoms with Gasteiger partial charge in [-0.25, -0.2) is 0 Å². The van der Waals surface area contributed by atoms with Crippen molar-refractivity contribution in [1.29, 1.82) is 0 Å². The fourth-order valence-corrected chi connectivity index (χ4v) is 2.84. The lowest BCUT2D eigenvalue weighted by Crippen LogP contribution is -2.55. The van der Waals surface area contributed by atoms with Crippen LogP contribution in [0.2, 0.25) is 0 Å². The Kier molecular flexibility index (Phi) is 3.85. The number of hydrogen-bond acceptors (Lipinski definition) is 4. The van der Waals surface area contributed by atoms with Gasteiger partial charge < -0.3 is 15.4 Å². The Labute approximate surface area is 98.7 Å². The van der Waals surface area contributed by atoms with Gasteiger partial charge in [0.25, 0.3) is 0 Å². The van der Waals surface area contributed by atoms with Crippen LogP contribution in [0.4, 0.5) is 0 Å². The molecule has 0 spiro atoms. The molecule has 0 radical (unpaired) electrons. The average molecular weight is 227 g/mol. The topological polar surface area (TPSA) is 41.7 Å². The van der Waals surface area contributed by atoms with E-state index in [4.69, 9.17) is 10.5 Å². The van der Waals surface area contributed by atoms with Crippen LogP contribution in [0.25, 0.3) is 0 Å². The molecule has 16 heavy (non-hydrogen) atoms. The van der Waals surface area contributed by atoms with Gasteiger partial charge in [-0.15, -0.1) is 0 Å². The second-order valence-electron chi connectivity index (χ2n) is 5.59. The Morgan fingerprint density at radius 3 is 2.81 bits per heavy atom. The number of nitrogens with zero attached hydrogens (tertiary/aromatic N) is 2. The monoisotopic (exact) mass is 227 g/mol. The summed E-state index contributed by atoms with van der Waals surface area (Å²) in [6.07, 6.45) is 1.13. The molecule has 2 atom stereocenters. The SMILES string of the molecule is CC1CN(C)CCN1CC1(CN)CCOC1. The van der Waals surface area contributed by atoms with Crippen LogP contribution in [-0.4, -0.2) is 68.8 Å². The van der Waals surface area contributed by atoms with E-state index in [9.17, 15) is 0 Å². The summed E-state index contributed by atoms with van der Waals surface area (Å²) >= 11 is 0. The maximum absolute atomic E-state index is 5.94. The first-order valence-electron chi connectivity index (χ1n) is 6.36. The van der Waals surface area contributed by atoms with Crippen molar-refractivity contribution in [2.75, 3.05) is 53.0 Å². The molecule has 0 saturated carbocycles. The van der Waals surface area contributed by atoms with Gasteiger partial charge in [0.15, 0.2) is 0 Å². The lowest BCUT2D eigenvalue weighted by molar-refractivity contribution is 0.0494. The molecule has 4 heteroatoms. The van der Waals surface area contributed by atoms with E-state index < -0.39 is 0 Å². The number of ether oxygens (including phenoxy) is 1. The maximum atomic E-state index is 5.94. The van der Waals surface area contributed by atoms with Crippen molar-refractivity contribution in [2.45, 2.75) is 19.4 Å². The van der Waals surface area contributed by atoms with Crippen LogP contribution in [0.5, 0.6) is 0 Å². The number of piperazine rings is 1. The molecule has 2 aliphatic rings. The number of nitrogens with two attached hydrogens (primary N) is 1. The molecule has 0 aromatic heterocycles. The van der Waals surface area contributed by atoms with Crippen LogP contribution in [-0.2, 0) is 4.74 Å². The molecule has 0 aromatic rings. The third-order valence-electron chi connectivity index (χ3n) is 4.12. The zero-order valence-corrected chi connectivity index (χ0v) is 10.6. The van der Waals surface area contributed by atoms with Gasteiger partial charge >= 0.3 is 0 Å². The molecule has 4 nitrogen and oxygen atoms in total. The second kappa shape index (κ2) is 5.00. The highest BCUT2D eigenvalue weighted by Gasteiger charge is 2.37. The summed E-state index contributed by atoms with van der Waals surface area (Å²) < 4.78 is 5.53. The number of rotatable bonds is 3. The summed E-state index contributed by atoms with van der Waals surface area (Å²) in [6, 6.07) is 0.641. The first-order valence-corrected chi connectivity index (χ1v) is 6.36. The van der Waals surface area contributed by atoms with E-state index in [-0.39, 0.29) is 5.41 Å².